The summed E-state index contributed by atoms with van der Waals surface area (Å²) < 4.78 is 12.2. The van der Waals surface area contributed by atoms with Crippen LogP contribution in [0.1, 0.15) is 50.5 Å². The van der Waals surface area contributed by atoms with Gasteiger partial charge in [0.15, 0.2) is 5.76 Å². The maximum atomic E-state index is 12.1. The summed E-state index contributed by atoms with van der Waals surface area (Å²) in [7, 11) is 0. The molecule has 3 aromatic rings. The molecule has 1 aliphatic rings. The molecule has 1 saturated carbocycles. The Balaban J connectivity index is 1.28. The Bertz CT molecular complexity index is 848. The van der Waals surface area contributed by atoms with Crippen molar-refractivity contribution in [3.8, 4) is 11.6 Å². The average molecular weight is 356 g/mol. The molecule has 3 aromatic heterocycles. The minimum Gasteiger partial charge on any atom is -0.461 e. The first-order valence-electron chi connectivity index (χ1n) is 8.85. The predicted molar refractivity (Wildman–Crippen MR) is 91.1 cm³/mol. The fraction of sp³-hybridized carbons (Fsp3) is 0.471. The molecule has 0 radical (unpaired) electrons. The van der Waals surface area contributed by atoms with Gasteiger partial charge in [0.25, 0.3) is 0 Å². The highest BCUT2D eigenvalue weighted by Crippen LogP contribution is 2.27. The lowest BCUT2D eigenvalue weighted by atomic mass is 9.96. The maximum Gasteiger partial charge on any atom is 0.248 e. The van der Waals surface area contributed by atoms with Gasteiger partial charge in [0, 0.05) is 12.8 Å². The fourth-order valence-electron chi connectivity index (χ4n) is 3.12. The van der Waals surface area contributed by atoms with E-state index in [0.717, 1.165) is 12.8 Å². The molecule has 0 aromatic carbocycles. The molecular formula is C17H20N6O3. The normalized spacial score (nSPS) is 15.2. The van der Waals surface area contributed by atoms with Gasteiger partial charge in [-0.2, -0.15) is 4.98 Å². The Kier molecular flexibility index (Phi) is 4.76. The molecule has 0 spiro atoms. The number of nitrogens with one attached hydrogen (secondary N) is 1. The van der Waals surface area contributed by atoms with Crippen LogP contribution in [0.15, 0.2) is 33.7 Å². The predicted octanol–water partition coefficient (Wildman–Crippen LogP) is 3.00. The number of aryl methyl sites for hydroxylation is 1. The lowest BCUT2D eigenvalue weighted by molar-refractivity contribution is -0.116. The smallest absolute Gasteiger partial charge is 0.248 e. The van der Waals surface area contributed by atoms with Gasteiger partial charge in [0.05, 0.1) is 12.3 Å². The summed E-state index contributed by atoms with van der Waals surface area (Å²) in [5, 5.41) is 10.9. The van der Waals surface area contributed by atoms with Crippen LogP contribution in [0.4, 0.5) is 5.95 Å². The van der Waals surface area contributed by atoms with E-state index in [0.29, 0.717) is 35.9 Å². The minimum absolute atomic E-state index is 0.191. The molecule has 9 heteroatoms. The Morgan fingerprint density at radius 2 is 2.19 bits per heavy atom. The monoisotopic (exact) mass is 356 g/mol. The molecule has 0 atom stereocenters. The summed E-state index contributed by atoms with van der Waals surface area (Å²) in [6.45, 7) is 0. The first-order chi connectivity index (χ1) is 12.8. The van der Waals surface area contributed by atoms with Gasteiger partial charge in [-0.3, -0.25) is 10.1 Å². The Labute approximate surface area is 149 Å². The van der Waals surface area contributed by atoms with E-state index in [1.807, 2.05) is 4.68 Å². The number of anilines is 1. The van der Waals surface area contributed by atoms with Gasteiger partial charge < -0.3 is 8.94 Å². The number of hydrogen-bond acceptors (Lipinski definition) is 7. The van der Waals surface area contributed by atoms with Gasteiger partial charge in [-0.25, -0.2) is 9.67 Å². The zero-order chi connectivity index (χ0) is 17.8. The van der Waals surface area contributed by atoms with Crippen LogP contribution in [0.25, 0.3) is 11.6 Å². The molecule has 9 nitrogen and oxygen atoms in total. The van der Waals surface area contributed by atoms with Gasteiger partial charge in [-0.05, 0) is 25.0 Å². The summed E-state index contributed by atoms with van der Waals surface area (Å²) in [4.78, 5) is 20.5. The van der Waals surface area contributed by atoms with Crippen molar-refractivity contribution in [2.24, 2.45) is 0 Å². The van der Waals surface area contributed by atoms with Gasteiger partial charge >= 0.3 is 0 Å². The van der Waals surface area contributed by atoms with E-state index in [-0.39, 0.29) is 12.3 Å². The third-order valence-corrected chi connectivity index (χ3v) is 4.48. The topological polar surface area (TPSA) is 112 Å². The lowest BCUT2D eigenvalue weighted by Crippen LogP contribution is -2.16. The average Bonchev–Trinajstić information content (AvgIpc) is 3.41. The van der Waals surface area contributed by atoms with Crippen LogP contribution in [0.5, 0.6) is 0 Å². The van der Waals surface area contributed by atoms with Crippen molar-refractivity contribution in [1.82, 2.24) is 24.9 Å². The molecule has 4 rings (SSSR count). The van der Waals surface area contributed by atoms with Crippen molar-refractivity contribution in [1.29, 1.82) is 0 Å². The lowest BCUT2D eigenvalue weighted by Gasteiger charge is -2.21. The molecule has 0 aliphatic heterocycles. The zero-order valence-electron chi connectivity index (χ0n) is 14.3. The highest BCUT2D eigenvalue weighted by molar-refractivity contribution is 5.88. The van der Waals surface area contributed by atoms with Crippen LogP contribution in [0, 0.1) is 0 Å². The molecule has 0 saturated heterocycles. The van der Waals surface area contributed by atoms with Crippen molar-refractivity contribution < 1.29 is 13.7 Å². The summed E-state index contributed by atoms with van der Waals surface area (Å²) in [6, 6.07) is 3.88. The van der Waals surface area contributed by atoms with Crippen molar-refractivity contribution in [2.45, 2.75) is 51.0 Å². The molecule has 1 amide bonds. The summed E-state index contributed by atoms with van der Waals surface area (Å²) in [5.74, 6) is 1.43. The molecule has 1 fully saturated rings. The first kappa shape index (κ1) is 16.5. The van der Waals surface area contributed by atoms with Crippen molar-refractivity contribution in [3.05, 3.63) is 30.6 Å². The number of carbonyl (C=O) groups is 1. The van der Waals surface area contributed by atoms with Gasteiger partial charge in [-0.1, -0.05) is 24.4 Å². The summed E-state index contributed by atoms with van der Waals surface area (Å²) in [6.07, 6.45) is 9.73. The van der Waals surface area contributed by atoms with E-state index in [2.05, 4.69) is 25.5 Å². The molecule has 1 aliphatic carbocycles. The Morgan fingerprint density at radius 1 is 1.31 bits per heavy atom. The molecule has 0 bridgehead atoms. The highest BCUT2D eigenvalue weighted by Gasteiger charge is 2.18. The third kappa shape index (κ3) is 3.81. The highest BCUT2D eigenvalue weighted by atomic mass is 16.5. The van der Waals surface area contributed by atoms with Crippen LogP contribution in [-0.4, -0.2) is 30.8 Å². The number of amides is 1. The molecule has 26 heavy (non-hydrogen) atoms. The number of hydrogen-bond donors (Lipinski definition) is 1. The summed E-state index contributed by atoms with van der Waals surface area (Å²) in [5.41, 5.74) is 0. The summed E-state index contributed by atoms with van der Waals surface area (Å²) >= 11 is 0. The van der Waals surface area contributed by atoms with Crippen LogP contribution >= 0.6 is 0 Å². The number of aromatic nitrogens is 5. The Hall–Kier alpha value is -2.97. The minimum atomic E-state index is -0.191. The maximum absolute atomic E-state index is 12.1. The molecular weight excluding hydrogens is 336 g/mol. The van der Waals surface area contributed by atoms with E-state index in [9.17, 15) is 4.79 Å². The van der Waals surface area contributed by atoms with E-state index < -0.39 is 0 Å². The number of nitrogens with zero attached hydrogens (tertiary/aromatic N) is 5. The van der Waals surface area contributed by atoms with Crippen molar-refractivity contribution in [2.75, 3.05) is 5.32 Å². The SMILES string of the molecule is O=C(CCc1nc(-c2ccco2)no1)Nc1ncn(C2CCCCC2)n1. The van der Waals surface area contributed by atoms with Gasteiger partial charge in [0.2, 0.25) is 23.6 Å². The van der Waals surface area contributed by atoms with Crippen LogP contribution in [-0.2, 0) is 11.2 Å². The number of furan rings is 1. The number of rotatable bonds is 6. The molecule has 0 unspecified atom stereocenters. The van der Waals surface area contributed by atoms with E-state index >= 15 is 0 Å². The van der Waals surface area contributed by atoms with E-state index in [1.165, 1.54) is 25.5 Å². The van der Waals surface area contributed by atoms with E-state index in [1.54, 1.807) is 18.5 Å². The van der Waals surface area contributed by atoms with Crippen LogP contribution in [0.3, 0.4) is 0 Å². The largest absolute Gasteiger partial charge is 0.461 e. The third-order valence-electron chi connectivity index (χ3n) is 4.48. The fourth-order valence-corrected chi connectivity index (χ4v) is 3.12. The second-order valence-electron chi connectivity index (χ2n) is 6.38. The molecule has 3 heterocycles. The second kappa shape index (κ2) is 7.51. The van der Waals surface area contributed by atoms with Crippen molar-refractivity contribution in [3.63, 3.8) is 0 Å². The van der Waals surface area contributed by atoms with Crippen LogP contribution in [0.2, 0.25) is 0 Å². The Morgan fingerprint density at radius 3 is 3.00 bits per heavy atom. The molecule has 1 N–H and O–H groups in total. The van der Waals surface area contributed by atoms with Crippen molar-refractivity contribution >= 4 is 11.9 Å². The zero-order valence-corrected chi connectivity index (χ0v) is 14.3. The van der Waals surface area contributed by atoms with Crippen LogP contribution < -0.4 is 5.32 Å². The first-order valence-corrected chi connectivity index (χ1v) is 8.85. The van der Waals surface area contributed by atoms with E-state index in [4.69, 9.17) is 8.94 Å². The molecule has 136 valence electrons. The van der Waals surface area contributed by atoms with Gasteiger partial charge in [-0.15, -0.1) is 5.10 Å². The number of carbonyl (C=O) groups excluding carboxylic acids is 1. The van der Waals surface area contributed by atoms with Gasteiger partial charge in [0.1, 0.15) is 6.33 Å². The second-order valence-corrected chi connectivity index (χ2v) is 6.38. The standard InChI is InChI=1S/C17H20N6O3/c24-14(8-9-15-20-16(22-26-15)13-7-4-10-25-13)19-17-18-11-23(21-17)12-5-2-1-3-6-12/h4,7,10-12H,1-3,5-6,8-9H2,(H,19,21,24). The quantitative estimate of drug-likeness (QED) is 0.722.